The number of amides is 1. The summed E-state index contributed by atoms with van der Waals surface area (Å²) in [7, 11) is 0. The summed E-state index contributed by atoms with van der Waals surface area (Å²) in [6, 6.07) is 11.2. The molecule has 0 saturated heterocycles. The number of para-hydroxylation sites is 2. The minimum Gasteiger partial charge on any atom is -0.459 e. The fraction of sp³-hybridized carbons (Fsp3) is 0.333. The molecule has 5 heteroatoms. The van der Waals surface area contributed by atoms with E-state index in [-0.39, 0.29) is 11.9 Å². The normalized spacial score (nSPS) is 12.4. The first-order valence-electron chi connectivity index (χ1n) is 8.00. The quantitative estimate of drug-likeness (QED) is 0.750. The molecule has 0 aliphatic rings. The number of nitrogens with one attached hydrogen (secondary N) is 1. The number of aromatic nitrogens is 2. The third-order valence-corrected chi connectivity index (χ3v) is 3.90. The number of aryl methyl sites for hydroxylation is 1. The van der Waals surface area contributed by atoms with Gasteiger partial charge in [0.1, 0.15) is 5.82 Å². The Morgan fingerprint density at radius 1 is 1.30 bits per heavy atom. The van der Waals surface area contributed by atoms with Crippen molar-refractivity contribution in [3.63, 3.8) is 0 Å². The molecule has 2 aromatic heterocycles. The van der Waals surface area contributed by atoms with Gasteiger partial charge in [-0.2, -0.15) is 0 Å². The lowest BCUT2D eigenvalue weighted by molar-refractivity contribution is 0.0909. The fourth-order valence-corrected chi connectivity index (χ4v) is 2.72. The largest absolute Gasteiger partial charge is 0.459 e. The highest BCUT2D eigenvalue weighted by atomic mass is 16.3. The van der Waals surface area contributed by atoms with Crippen LogP contribution in [-0.2, 0) is 6.54 Å². The van der Waals surface area contributed by atoms with Crippen molar-refractivity contribution in [3.8, 4) is 0 Å². The van der Waals surface area contributed by atoms with Crippen molar-refractivity contribution in [3.05, 3.63) is 54.2 Å². The molecular weight excluding hydrogens is 290 g/mol. The minimum atomic E-state index is -0.225. The SMILES string of the molecule is CCCCn1c(C(C)NC(=O)c2ccco2)nc2ccccc21. The number of hydrogen-bond donors (Lipinski definition) is 1. The Kier molecular flexibility index (Phi) is 4.46. The number of fused-ring (bicyclic) bond motifs is 1. The molecule has 0 aliphatic heterocycles. The van der Waals surface area contributed by atoms with Gasteiger partial charge in [-0.15, -0.1) is 0 Å². The second kappa shape index (κ2) is 6.69. The van der Waals surface area contributed by atoms with Crippen molar-refractivity contribution in [1.82, 2.24) is 14.9 Å². The Labute approximate surface area is 135 Å². The molecule has 1 amide bonds. The van der Waals surface area contributed by atoms with E-state index < -0.39 is 0 Å². The molecule has 23 heavy (non-hydrogen) atoms. The van der Waals surface area contributed by atoms with Crippen molar-refractivity contribution in [2.24, 2.45) is 0 Å². The molecule has 0 spiro atoms. The lowest BCUT2D eigenvalue weighted by Crippen LogP contribution is -2.28. The smallest absolute Gasteiger partial charge is 0.287 e. The molecule has 1 aromatic carbocycles. The first kappa shape index (κ1) is 15.3. The summed E-state index contributed by atoms with van der Waals surface area (Å²) in [6.45, 7) is 5.01. The van der Waals surface area contributed by atoms with Gasteiger partial charge in [0.05, 0.1) is 23.3 Å². The van der Waals surface area contributed by atoms with Gasteiger partial charge in [-0.25, -0.2) is 4.98 Å². The number of rotatable bonds is 6. The predicted octanol–water partition coefficient (Wildman–Crippen LogP) is 3.92. The number of benzene rings is 1. The van der Waals surface area contributed by atoms with E-state index in [2.05, 4.69) is 22.9 Å². The van der Waals surface area contributed by atoms with Crippen LogP contribution in [0.1, 0.15) is 49.1 Å². The highest BCUT2D eigenvalue weighted by Crippen LogP contribution is 2.22. The molecule has 0 bridgehead atoms. The maximum Gasteiger partial charge on any atom is 0.287 e. The molecule has 2 heterocycles. The Balaban J connectivity index is 1.89. The van der Waals surface area contributed by atoms with Gasteiger partial charge in [-0.3, -0.25) is 4.79 Å². The zero-order valence-electron chi connectivity index (χ0n) is 13.5. The Bertz CT molecular complexity index is 790. The summed E-state index contributed by atoms with van der Waals surface area (Å²) < 4.78 is 7.35. The van der Waals surface area contributed by atoms with Crippen LogP contribution in [0.25, 0.3) is 11.0 Å². The molecule has 3 rings (SSSR count). The number of furan rings is 1. The number of carbonyl (C=O) groups is 1. The average Bonchev–Trinajstić information content (AvgIpc) is 3.20. The van der Waals surface area contributed by atoms with Crippen LogP contribution in [0.4, 0.5) is 0 Å². The maximum absolute atomic E-state index is 12.2. The zero-order valence-corrected chi connectivity index (χ0v) is 13.5. The Morgan fingerprint density at radius 3 is 2.87 bits per heavy atom. The lowest BCUT2D eigenvalue weighted by Gasteiger charge is -2.15. The summed E-state index contributed by atoms with van der Waals surface area (Å²) in [5.41, 5.74) is 2.06. The zero-order chi connectivity index (χ0) is 16.2. The van der Waals surface area contributed by atoms with Crippen LogP contribution in [0.15, 0.2) is 47.1 Å². The molecule has 1 atom stereocenters. The standard InChI is InChI=1S/C18H21N3O2/c1-3-4-11-21-15-9-6-5-8-14(15)20-17(21)13(2)19-18(22)16-10-7-12-23-16/h5-10,12-13H,3-4,11H2,1-2H3,(H,19,22). The van der Waals surface area contributed by atoms with E-state index in [1.54, 1.807) is 12.1 Å². The third kappa shape index (κ3) is 3.13. The van der Waals surface area contributed by atoms with Crippen molar-refractivity contribution < 1.29 is 9.21 Å². The van der Waals surface area contributed by atoms with Gasteiger partial charge >= 0.3 is 0 Å². The van der Waals surface area contributed by atoms with Gasteiger partial charge in [-0.05, 0) is 37.6 Å². The molecule has 0 radical (unpaired) electrons. The minimum absolute atomic E-state index is 0.197. The second-order valence-electron chi connectivity index (χ2n) is 5.64. The van der Waals surface area contributed by atoms with Crippen molar-refractivity contribution in [1.29, 1.82) is 0 Å². The monoisotopic (exact) mass is 311 g/mol. The van der Waals surface area contributed by atoms with Crippen LogP contribution in [0, 0.1) is 0 Å². The number of hydrogen-bond acceptors (Lipinski definition) is 3. The van der Waals surface area contributed by atoms with Crippen LogP contribution in [0.2, 0.25) is 0 Å². The van der Waals surface area contributed by atoms with E-state index in [0.717, 1.165) is 36.2 Å². The molecule has 1 unspecified atom stereocenters. The first-order valence-corrected chi connectivity index (χ1v) is 8.00. The van der Waals surface area contributed by atoms with Gasteiger partial charge in [0.15, 0.2) is 5.76 Å². The highest BCUT2D eigenvalue weighted by Gasteiger charge is 2.19. The lowest BCUT2D eigenvalue weighted by atomic mass is 10.2. The predicted molar refractivity (Wildman–Crippen MR) is 89.2 cm³/mol. The number of unbranched alkanes of at least 4 members (excludes halogenated alkanes) is 1. The first-order chi connectivity index (χ1) is 11.2. The van der Waals surface area contributed by atoms with E-state index >= 15 is 0 Å². The maximum atomic E-state index is 12.2. The van der Waals surface area contributed by atoms with E-state index in [9.17, 15) is 4.79 Å². The third-order valence-electron chi connectivity index (χ3n) is 3.90. The summed E-state index contributed by atoms with van der Waals surface area (Å²) >= 11 is 0. The van der Waals surface area contributed by atoms with Crippen molar-refractivity contribution in [2.45, 2.75) is 39.3 Å². The molecule has 3 aromatic rings. The average molecular weight is 311 g/mol. The van der Waals surface area contributed by atoms with Crippen molar-refractivity contribution >= 4 is 16.9 Å². The summed E-state index contributed by atoms with van der Waals surface area (Å²) in [4.78, 5) is 16.9. The molecule has 0 aliphatic carbocycles. The van der Waals surface area contributed by atoms with E-state index in [0.29, 0.717) is 5.76 Å². The van der Waals surface area contributed by atoms with Gasteiger partial charge in [0.25, 0.3) is 5.91 Å². The molecule has 5 nitrogen and oxygen atoms in total. The molecular formula is C18H21N3O2. The van der Waals surface area contributed by atoms with E-state index in [1.807, 2.05) is 25.1 Å². The van der Waals surface area contributed by atoms with Crippen LogP contribution in [-0.4, -0.2) is 15.5 Å². The highest BCUT2D eigenvalue weighted by molar-refractivity contribution is 5.91. The van der Waals surface area contributed by atoms with Gasteiger partial charge in [0.2, 0.25) is 0 Å². The Morgan fingerprint density at radius 2 is 2.13 bits per heavy atom. The van der Waals surface area contributed by atoms with Crippen LogP contribution < -0.4 is 5.32 Å². The molecule has 120 valence electrons. The summed E-state index contributed by atoms with van der Waals surface area (Å²) in [5.74, 6) is 0.962. The van der Waals surface area contributed by atoms with Gasteiger partial charge in [0, 0.05) is 6.54 Å². The molecule has 0 saturated carbocycles. The number of carbonyl (C=O) groups excluding carboxylic acids is 1. The van der Waals surface area contributed by atoms with Crippen LogP contribution in [0.5, 0.6) is 0 Å². The second-order valence-corrected chi connectivity index (χ2v) is 5.64. The van der Waals surface area contributed by atoms with E-state index in [1.165, 1.54) is 6.26 Å². The number of imidazole rings is 1. The molecule has 0 fully saturated rings. The van der Waals surface area contributed by atoms with Gasteiger partial charge < -0.3 is 14.3 Å². The molecule has 1 N–H and O–H groups in total. The Hall–Kier alpha value is -2.56. The van der Waals surface area contributed by atoms with Crippen LogP contribution in [0.3, 0.4) is 0 Å². The fourth-order valence-electron chi connectivity index (χ4n) is 2.72. The van der Waals surface area contributed by atoms with E-state index in [4.69, 9.17) is 9.40 Å². The topological polar surface area (TPSA) is 60.1 Å². The summed E-state index contributed by atoms with van der Waals surface area (Å²) in [5, 5.41) is 2.96. The van der Waals surface area contributed by atoms with Crippen molar-refractivity contribution in [2.75, 3.05) is 0 Å². The summed E-state index contributed by atoms with van der Waals surface area (Å²) in [6.07, 6.45) is 3.68. The van der Waals surface area contributed by atoms with Gasteiger partial charge in [-0.1, -0.05) is 25.5 Å². The number of nitrogens with zero attached hydrogens (tertiary/aromatic N) is 2. The van der Waals surface area contributed by atoms with Crippen LogP contribution >= 0.6 is 0 Å².